The Kier molecular flexibility index (Phi) is 7.78. The lowest BCUT2D eigenvalue weighted by Gasteiger charge is -2.30. The van der Waals surface area contributed by atoms with Gasteiger partial charge in [0.15, 0.2) is 0 Å². The standard InChI is InChI=1S/C27H27ClN8O3/c1-14(2)22(33-19-13-32-27(35(3)4)34-25(19)39-5)20-21(30)26(38)36(17-10-18(28)24(37)31-12-17)23(20)16-8-6-15(11-29)7-9-16/h6-10,12-14,20,23,30H,1-5H3,(H,31,37). The fourth-order valence-corrected chi connectivity index (χ4v) is 4.62. The van der Waals surface area contributed by atoms with Gasteiger partial charge in [-0.15, -0.1) is 0 Å². The third-order valence-corrected chi connectivity index (χ3v) is 6.61. The molecule has 0 saturated carbocycles. The zero-order valence-electron chi connectivity index (χ0n) is 22.1. The lowest BCUT2D eigenvalue weighted by molar-refractivity contribution is -0.112. The Labute approximate surface area is 230 Å². The molecule has 11 nitrogen and oxygen atoms in total. The fraction of sp³-hybridized carbons (Fsp3) is 0.296. The van der Waals surface area contributed by atoms with E-state index in [1.54, 1.807) is 35.4 Å². The molecular weight excluding hydrogens is 520 g/mol. The number of hydrogen-bond donors (Lipinski definition) is 2. The summed E-state index contributed by atoms with van der Waals surface area (Å²) >= 11 is 6.11. The maximum Gasteiger partial charge on any atom is 0.273 e. The van der Waals surface area contributed by atoms with Gasteiger partial charge in [-0.25, -0.2) is 9.98 Å². The van der Waals surface area contributed by atoms with Crippen molar-refractivity contribution in [3.8, 4) is 11.9 Å². The second kappa shape index (κ2) is 11.0. The molecule has 1 fully saturated rings. The number of H-pyrrole nitrogens is 1. The van der Waals surface area contributed by atoms with Crippen molar-refractivity contribution >= 4 is 46.3 Å². The van der Waals surface area contributed by atoms with Crippen molar-refractivity contribution in [2.75, 3.05) is 31.0 Å². The number of carbonyl (C=O) groups is 1. The number of methoxy groups -OCH3 is 1. The summed E-state index contributed by atoms with van der Waals surface area (Å²) in [5.74, 6) is -0.841. The molecule has 2 unspecified atom stereocenters. The first-order valence-corrected chi connectivity index (χ1v) is 12.4. The number of aromatic nitrogens is 3. The van der Waals surface area contributed by atoms with Crippen molar-refractivity contribution in [3.63, 3.8) is 0 Å². The third kappa shape index (κ3) is 5.24. The largest absolute Gasteiger partial charge is 0.479 e. The molecule has 4 rings (SSSR count). The van der Waals surface area contributed by atoms with Gasteiger partial charge >= 0.3 is 0 Å². The number of halogens is 1. The molecule has 0 spiro atoms. The first-order chi connectivity index (χ1) is 18.6. The molecule has 0 radical (unpaired) electrons. The van der Waals surface area contributed by atoms with Gasteiger partial charge in [0.05, 0.1) is 42.6 Å². The van der Waals surface area contributed by atoms with E-state index in [-0.39, 0.29) is 22.5 Å². The molecule has 3 heterocycles. The molecule has 1 aliphatic heterocycles. The van der Waals surface area contributed by atoms with Crippen LogP contribution in [-0.4, -0.2) is 53.5 Å². The number of anilines is 2. The van der Waals surface area contributed by atoms with E-state index < -0.39 is 23.4 Å². The highest BCUT2D eigenvalue weighted by molar-refractivity contribution is 6.49. The maximum atomic E-state index is 13.6. The quantitative estimate of drug-likeness (QED) is 0.426. The van der Waals surface area contributed by atoms with Crippen molar-refractivity contribution in [3.05, 3.63) is 69.2 Å². The predicted octanol–water partition coefficient (Wildman–Crippen LogP) is 3.92. The van der Waals surface area contributed by atoms with Gasteiger partial charge in [-0.1, -0.05) is 37.6 Å². The van der Waals surface area contributed by atoms with Gasteiger partial charge in [0.1, 0.15) is 16.4 Å². The predicted molar refractivity (Wildman–Crippen MR) is 150 cm³/mol. The van der Waals surface area contributed by atoms with E-state index in [9.17, 15) is 14.9 Å². The van der Waals surface area contributed by atoms with Crippen LogP contribution in [0.15, 0.2) is 52.5 Å². The molecule has 39 heavy (non-hydrogen) atoms. The molecule has 3 aromatic rings. The van der Waals surface area contributed by atoms with Crippen LogP contribution < -0.4 is 20.1 Å². The third-order valence-electron chi connectivity index (χ3n) is 6.33. The minimum absolute atomic E-state index is 0.0884. The van der Waals surface area contributed by atoms with Crippen LogP contribution in [0.2, 0.25) is 5.02 Å². The second-order valence-electron chi connectivity index (χ2n) is 9.43. The molecule has 1 aromatic carbocycles. The first-order valence-electron chi connectivity index (χ1n) is 12.0. The number of nitrogens with one attached hydrogen (secondary N) is 2. The number of ether oxygens (including phenoxy) is 1. The zero-order valence-corrected chi connectivity index (χ0v) is 22.8. The number of nitriles is 1. The van der Waals surface area contributed by atoms with E-state index in [4.69, 9.17) is 26.7 Å². The van der Waals surface area contributed by atoms with Crippen molar-refractivity contribution in [1.29, 1.82) is 10.7 Å². The minimum Gasteiger partial charge on any atom is -0.479 e. The van der Waals surface area contributed by atoms with Crippen LogP contribution in [0.5, 0.6) is 5.88 Å². The number of rotatable bonds is 7. The van der Waals surface area contributed by atoms with Crippen LogP contribution in [0.1, 0.15) is 31.0 Å². The van der Waals surface area contributed by atoms with E-state index in [0.29, 0.717) is 34.2 Å². The fourth-order valence-electron chi connectivity index (χ4n) is 4.45. The molecule has 0 aliphatic carbocycles. The smallest absolute Gasteiger partial charge is 0.273 e. The van der Waals surface area contributed by atoms with E-state index in [1.807, 2.05) is 27.9 Å². The van der Waals surface area contributed by atoms with Gasteiger partial charge in [0.2, 0.25) is 11.8 Å². The van der Waals surface area contributed by atoms with E-state index >= 15 is 0 Å². The normalized spacial score (nSPS) is 17.5. The van der Waals surface area contributed by atoms with Gasteiger partial charge < -0.3 is 14.6 Å². The Morgan fingerprint density at radius 1 is 1.28 bits per heavy atom. The van der Waals surface area contributed by atoms with Crippen molar-refractivity contribution in [2.45, 2.75) is 19.9 Å². The molecule has 1 saturated heterocycles. The van der Waals surface area contributed by atoms with Gasteiger partial charge in [0.25, 0.3) is 11.5 Å². The summed E-state index contributed by atoms with van der Waals surface area (Å²) in [6, 6.07) is 9.57. The van der Waals surface area contributed by atoms with E-state index in [1.165, 1.54) is 24.3 Å². The lowest BCUT2D eigenvalue weighted by Crippen LogP contribution is -2.32. The Morgan fingerprint density at radius 2 is 1.97 bits per heavy atom. The van der Waals surface area contributed by atoms with Gasteiger partial charge in [-0.05, 0) is 29.7 Å². The summed E-state index contributed by atoms with van der Waals surface area (Å²) in [6.07, 6.45) is 2.93. The van der Waals surface area contributed by atoms with Crippen molar-refractivity contribution in [1.82, 2.24) is 15.0 Å². The topological polar surface area (TPSA) is 151 Å². The van der Waals surface area contributed by atoms with Gasteiger partial charge in [-0.3, -0.25) is 19.9 Å². The van der Waals surface area contributed by atoms with Crippen LogP contribution in [-0.2, 0) is 4.79 Å². The number of hydrogen-bond acceptors (Lipinski definition) is 9. The highest BCUT2D eigenvalue weighted by atomic mass is 35.5. The number of aromatic amines is 1. The Balaban J connectivity index is 1.93. The summed E-state index contributed by atoms with van der Waals surface area (Å²) in [7, 11) is 5.10. The van der Waals surface area contributed by atoms with Gasteiger partial charge in [0, 0.05) is 26.0 Å². The SMILES string of the molecule is COc1nc(N(C)C)ncc1N=C(C(C)C)C1C(=N)C(=O)N(c2c[nH]c(=O)c(Cl)c2)C1c1ccc(C#N)cc1. The molecule has 200 valence electrons. The Hall–Kier alpha value is -4.56. The number of carbonyl (C=O) groups excluding carboxylic acids is 1. The van der Waals surface area contributed by atoms with Crippen molar-refractivity contribution < 1.29 is 9.53 Å². The summed E-state index contributed by atoms with van der Waals surface area (Å²) < 4.78 is 5.48. The van der Waals surface area contributed by atoms with Crippen LogP contribution >= 0.6 is 11.6 Å². The number of nitrogens with zero attached hydrogens (tertiary/aromatic N) is 6. The van der Waals surface area contributed by atoms with Crippen LogP contribution in [0.25, 0.3) is 0 Å². The summed E-state index contributed by atoms with van der Waals surface area (Å²) in [5, 5.41) is 18.1. The molecule has 2 atom stereocenters. The molecule has 12 heteroatoms. The monoisotopic (exact) mass is 546 g/mol. The average molecular weight is 547 g/mol. The van der Waals surface area contributed by atoms with Gasteiger partial charge in [-0.2, -0.15) is 10.2 Å². The lowest BCUT2D eigenvalue weighted by atomic mass is 9.83. The molecule has 2 N–H and O–H groups in total. The number of pyridine rings is 1. The molecule has 1 aliphatic rings. The summed E-state index contributed by atoms with van der Waals surface area (Å²) in [6.45, 7) is 3.85. The molecule has 0 bridgehead atoms. The molecular formula is C27H27ClN8O3. The van der Waals surface area contributed by atoms with E-state index in [0.717, 1.165) is 0 Å². The van der Waals surface area contributed by atoms with Crippen molar-refractivity contribution in [2.24, 2.45) is 16.8 Å². The average Bonchev–Trinajstić information content (AvgIpc) is 3.18. The van der Waals surface area contributed by atoms with Crippen LogP contribution in [0, 0.1) is 28.6 Å². The maximum absolute atomic E-state index is 13.6. The highest BCUT2D eigenvalue weighted by Gasteiger charge is 2.49. The first kappa shape index (κ1) is 27.5. The molecule has 1 amide bonds. The Morgan fingerprint density at radius 3 is 2.54 bits per heavy atom. The van der Waals surface area contributed by atoms with Crippen LogP contribution in [0.3, 0.4) is 0 Å². The van der Waals surface area contributed by atoms with E-state index in [2.05, 4.69) is 21.0 Å². The zero-order chi connectivity index (χ0) is 28.4. The number of aliphatic imine (C=N–C) groups is 1. The summed E-state index contributed by atoms with van der Waals surface area (Å²) in [5.41, 5.74) is 1.68. The summed E-state index contributed by atoms with van der Waals surface area (Å²) in [4.78, 5) is 44.9. The Bertz CT molecular complexity index is 1560. The minimum atomic E-state index is -0.783. The second-order valence-corrected chi connectivity index (χ2v) is 9.84. The van der Waals surface area contributed by atoms with Crippen LogP contribution in [0.4, 0.5) is 17.3 Å². The highest BCUT2D eigenvalue weighted by Crippen LogP contribution is 2.42. The molecule has 2 aromatic heterocycles. The number of benzene rings is 1. The number of amides is 1.